The zero-order valence-electron chi connectivity index (χ0n) is 12.8. The minimum atomic E-state index is -0.715. The SMILES string of the molecule is Cc1c(Br)c2ccccc2n1CCCCC(C)(C)C(=O)O. The molecule has 1 aromatic carbocycles. The number of para-hydroxylation sites is 1. The average molecular weight is 352 g/mol. The lowest BCUT2D eigenvalue weighted by atomic mass is 9.87. The molecule has 1 N–H and O–H groups in total. The Bertz CT molecular complexity index is 658. The molecule has 1 heterocycles. The first kappa shape index (κ1) is 16.1. The smallest absolute Gasteiger partial charge is 0.309 e. The zero-order valence-corrected chi connectivity index (χ0v) is 14.4. The van der Waals surface area contributed by atoms with Gasteiger partial charge in [-0.3, -0.25) is 4.79 Å². The molecule has 2 rings (SSSR count). The Hall–Kier alpha value is -1.29. The maximum absolute atomic E-state index is 11.1. The zero-order chi connectivity index (χ0) is 15.6. The van der Waals surface area contributed by atoms with Crippen molar-refractivity contribution in [3.8, 4) is 0 Å². The van der Waals surface area contributed by atoms with Gasteiger partial charge in [-0.1, -0.05) is 24.6 Å². The van der Waals surface area contributed by atoms with Gasteiger partial charge >= 0.3 is 5.97 Å². The third-order valence-electron chi connectivity index (χ3n) is 4.17. The van der Waals surface area contributed by atoms with Gasteiger partial charge in [-0.05, 0) is 55.6 Å². The lowest BCUT2D eigenvalue weighted by Crippen LogP contribution is -2.23. The third kappa shape index (κ3) is 3.31. The molecule has 0 spiro atoms. The van der Waals surface area contributed by atoms with Crippen molar-refractivity contribution in [1.82, 2.24) is 4.57 Å². The molecule has 0 amide bonds. The fourth-order valence-electron chi connectivity index (χ4n) is 2.62. The molecule has 4 heteroatoms. The molecule has 114 valence electrons. The van der Waals surface area contributed by atoms with Gasteiger partial charge in [0.15, 0.2) is 0 Å². The van der Waals surface area contributed by atoms with Crippen LogP contribution in [0.3, 0.4) is 0 Å². The monoisotopic (exact) mass is 351 g/mol. The van der Waals surface area contributed by atoms with Gasteiger partial charge in [-0.25, -0.2) is 0 Å². The quantitative estimate of drug-likeness (QED) is 0.744. The maximum atomic E-state index is 11.1. The minimum Gasteiger partial charge on any atom is -0.481 e. The number of carboxylic acids is 1. The van der Waals surface area contributed by atoms with Crippen LogP contribution in [0.25, 0.3) is 10.9 Å². The molecule has 0 radical (unpaired) electrons. The molecule has 0 fully saturated rings. The van der Waals surface area contributed by atoms with Crippen molar-refractivity contribution in [2.75, 3.05) is 0 Å². The molecule has 0 bridgehead atoms. The number of hydrogen-bond acceptors (Lipinski definition) is 1. The van der Waals surface area contributed by atoms with Gasteiger partial charge in [0.1, 0.15) is 0 Å². The van der Waals surface area contributed by atoms with Crippen LogP contribution in [0, 0.1) is 12.3 Å². The Morgan fingerprint density at radius 2 is 1.95 bits per heavy atom. The number of carbonyl (C=O) groups is 1. The van der Waals surface area contributed by atoms with E-state index in [9.17, 15) is 4.79 Å². The summed E-state index contributed by atoms with van der Waals surface area (Å²) in [4.78, 5) is 11.1. The summed E-state index contributed by atoms with van der Waals surface area (Å²) in [5.41, 5.74) is 1.84. The van der Waals surface area contributed by atoms with Crippen molar-refractivity contribution in [3.05, 3.63) is 34.4 Å². The summed E-state index contributed by atoms with van der Waals surface area (Å²) in [5.74, 6) is -0.715. The van der Waals surface area contributed by atoms with Crippen molar-refractivity contribution < 1.29 is 9.90 Å². The molecule has 0 aliphatic heterocycles. The summed E-state index contributed by atoms with van der Waals surface area (Å²) < 4.78 is 3.47. The first-order valence-electron chi connectivity index (χ1n) is 7.31. The fraction of sp³-hybridized carbons (Fsp3) is 0.471. The lowest BCUT2D eigenvalue weighted by Gasteiger charge is -2.18. The van der Waals surface area contributed by atoms with Crippen molar-refractivity contribution in [2.45, 2.75) is 46.6 Å². The summed E-state index contributed by atoms with van der Waals surface area (Å²) in [6, 6.07) is 8.36. The van der Waals surface area contributed by atoms with E-state index in [2.05, 4.69) is 45.6 Å². The summed E-state index contributed by atoms with van der Waals surface area (Å²) in [6.45, 7) is 6.63. The van der Waals surface area contributed by atoms with Crippen molar-refractivity contribution in [1.29, 1.82) is 0 Å². The topological polar surface area (TPSA) is 42.2 Å². The first-order valence-corrected chi connectivity index (χ1v) is 8.10. The fourth-order valence-corrected chi connectivity index (χ4v) is 3.17. The molecule has 0 aliphatic carbocycles. The van der Waals surface area contributed by atoms with E-state index in [-0.39, 0.29) is 0 Å². The summed E-state index contributed by atoms with van der Waals surface area (Å²) >= 11 is 3.66. The molecule has 3 nitrogen and oxygen atoms in total. The van der Waals surface area contributed by atoms with E-state index in [1.54, 1.807) is 13.8 Å². The molecule has 0 saturated heterocycles. The van der Waals surface area contributed by atoms with Gasteiger partial charge in [-0.2, -0.15) is 0 Å². The van der Waals surface area contributed by atoms with Gasteiger partial charge in [0.2, 0.25) is 0 Å². The van der Waals surface area contributed by atoms with Crippen molar-refractivity contribution in [2.24, 2.45) is 5.41 Å². The number of unbranched alkanes of at least 4 members (excludes halogenated alkanes) is 1. The highest BCUT2D eigenvalue weighted by Crippen LogP contribution is 2.31. The molecule has 21 heavy (non-hydrogen) atoms. The van der Waals surface area contributed by atoms with Gasteiger partial charge in [0.25, 0.3) is 0 Å². The van der Waals surface area contributed by atoms with Crippen LogP contribution in [0.15, 0.2) is 28.7 Å². The molecule has 0 unspecified atom stereocenters. The number of aromatic nitrogens is 1. The molecular weight excluding hydrogens is 330 g/mol. The number of carboxylic acid groups (broad SMARTS) is 1. The number of aliphatic carboxylic acids is 1. The molecule has 0 aliphatic rings. The number of nitrogens with zero attached hydrogens (tertiary/aromatic N) is 1. The Kier molecular flexibility index (Phi) is 4.77. The van der Waals surface area contributed by atoms with E-state index in [4.69, 9.17) is 5.11 Å². The van der Waals surface area contributed by atoms with Crippen LogP contribution in [0.4, 0.5) is 0 Å². The average Bonchev–Trinajstić information content (AvgIpc) is 2.68. The van der Waals surface area contributed by atoms with E-state index in [1.165, 1.54) is 16.6 Å². The maximum Gasteiger partial charge on any atom is 0.309 e. The van der Waals surface area contributed by atoms with Gasteiger partial charge in [-0.15, -0.1) is 0 Å². The number of hydrogen-bond donors (Lipinski definition) is 1. The van der Waals surface area contributed by atoms with Gasteiger partial charge in [0.05, 0.1) is 5.41 Å². The van der Waals surface area contributed by atoms with Crippen LogP contribution < -0.4 is 0 Å². The highest BCUT2D eigenvalue weighted by Gasteiger charge is 2.26. The Labute approximate surface area is 134 Å². The first-order chi connectivity index (χ1) is 9.84. The minimum absolute atomic E-state index is 0.631. The van der Waals surface area contributed by atoms with Crippen LogP contribution in [0.5, 0.6) is 0 Å². The number of halogens is 1. The molecular formula is C17H22BrNO2. The van der Waals surface area contributed by atoms with Crippen LogP contribution >= 0.6 is 15.9 Å². The van der Waals surface area contributed by atoms with E-state index in [1.807, 2.05) is 6.07 Å². The number of fused-ring (bicyclic) bond motifs is 1. The second-order valence-electron chi connectivity index (χ2n) is 6.21. The molecule has 1 aromatic heterocycles. The largest absolute Gasteiger partial charge is 0.481 e. The van der Waals surface area contributed by atoms with Crippen LogP contribution in [0.1, 0.15) is 38.8 Å². The highest BCUT2D eigenvalue weighted by molar-refractivity contribution is 9.10. The van der Waals surface area contributed by atoms with Crippen LogP contribution in [-0.4, -0.2) is 15.6 Å². The van der Waals surface area contributed by atoms with Gasteiger partial charge < -0.3 is 9.67 Å². The standard InChI is InChI=1S/C17H22BrNO2/c1-12-15(18)13-8-4-5-9-14(13)19(12)11-7-6-10-17(2,3)16(20)21/h4-5,8-9H,6-7,10-11H2,1-3H3,(H,20,21). The van der Waals surface area contributed by atoms with Gasteiger partial charge in [0, 0.05) is 27.6 Å². The highest BCUT2D eigenvalue weighted by atomic mass is 79.9. The van der Waals surface area contributed by atoms with Crippen molar-refractivity contribution >= 4 is 32.8 Å². The second-order valence-corrected chi connectivity index (χ2v) is 7.01. The number of rotatable bonds is 6. The summed E-state index contributed by atoms with van der Waals surface area (Å²) in [5, 5.41) is 10.4. The third-order valence-corrected chi connectivity index (χ3v) is 5.17. The summed E-state index contributed by atoms with van der Waals surface area (Å²) in [6.07, 6.45) is 2.62. The van der Waals surface area contributed by atoms with E-state index >= 15 is 0 Å². The molecule has 2 aromatic rings. The van der Waals surface area contributed by atoms with Crippen LogP contribution in [0.2, 0.25) is 0 Å². The van der Waals surface area contributed by atoms with Crippen LogP contribution in [-0.2, 0) is 11.3 Å². The lowest BCUT2D eigenvalue weighted by molar-refractivity contribution is -0.147. The normalized spacial score (nSPS) is 12.0. The molecule has 0 atom stereocenters. The van der Waals surface area contributed by atoms with E-state index in [0.717, 1.165) is 23.9 Å². The Balaban J connectivity index is 2.05. The Morgan fingerprint density at radius 1 is 1.29 bits per heavy atom. The van der Waals surface area contributed by atoms with E-state index < -0.39 is 11.4 Å². The summed E-state index contributed by atoms with van der Waals surface area (Å²) in [7, 11) is 0. The molecule has 0 saturated carbocycles. The predicted molar refractivity (Wildman–Crippen MR) is 89.6 cm³/mol. The van der Waals surface area contributed by atoms with E-state index in [0.29, 0.717) is 6.42 Å². The number of aryl methyl sites for hydroxylation is 1. The predicted octanol–water partition coefficient (Wildman–Crippen LogP) is 4.99. The van der Waals surface area contributed by atoms with Crippen molar-refractivity contribution in [3.63, 3.8) is 0 Å². The second kappa shape index (κ2) is 6.22. The Morgan fingerprint density at radius 3 is 2.62 bits per heavy atom. The number of benzene rings is 1.